The number of carboxylic acid groups (broad SMARTS) is 1. The quantitative estimate of drug-likeness (QED) is 0.846. The van der Waals surface area contributed by atoms with Gasteiger partial charge in [0.05, 0.1) is 31.7 Å². The van der Waals surface area contributed by atoms with Crippen LogP contribution in [0.15, 0.2) is 24.4 Å². The van der Waals surface area contributed by atoms with Crippen LogP contribution in [0.2, 0.25) is 5.02 Å². The fraction of sp³-hybridized carbons (Fsp3) is 0.368. The topological polar surface area (TPSA) is 81.0 Å². The fourth-order valence-corrected chi connectivity index (χ4v) is 3.79. The number of hydrogen-bond acceptors (Lipinski definition) is 4. The third-order valence-corrected chi connectivity index (χ3v) is 5.03. The highest BCUT2D eigenvalue weighted by Crippen LogP contribution is 2.40. The van der Waals surface area contributed by atoms with E-state index in [0.29, 0.717) is 35.2 Å². The molecular weight excluding hydrogens is 372 g/mol. The Morgan fingerprint density at radius 3 is 2.44 bits per heavy atom. The van der Waals surface area contributed by atoms with E-state index < -0.39 is 12.0 Å². The molecule has 2 heterocycles. The van der Waals surface area contributed by atoms with E-state index in [1.165, 1.54) is 7.11 Å². The third kappa shape index (κ3) is 3.60. The van der Waals surface area contributed by atoms with Crippen molar-refractivity contribution in [3.63, 3.8) is 0 Å². The molecule has 0 unspecified atom stereocenters. The molecule has 1 aromatic carbocycles. The molecule has 2 aromatic rings. The van der Waals surface area contributed by atoms with E-state index in [2.05, 4.69) is 0 Å². The summed E-state index contributed by atoms with van der Waals surface area (Å²) in [7, 11) is 4.81. The van der Waals surface area contributed by atoms with Crippen molar-refractivity contribution in [2.45, 2.75) is 18.9 Å². The van der Waals surface area contributed by atoms with Gasteiger partial charge in [0.15, 0.2) is 11.5 Å². The van der Waals surface area contributed by atoms with E-state index in [-0.39, 0.29) is 12.3 Å². The number of ether oxygens (including phenoxy) is 2. The number of hydrogen-bond donors (Lipinski definition) is 1. The van der Waals surface area contributed by atoms with Crippen molar-refractivity contribution < 1.29 is 24.2 Å². The molecule has 1 aliphatic heterocycles. The average molecular weight is 393 g/mol. The minimum atomic E-state index is -0.981. The molecule has 0 saturated carbocycles. The number of aryl methyl sites for hydroxylation is 1. The summed E-state index contributed by atoms with van der Waals surface area (Å²) in [6.45, 7) is 0.405. The lowest BCUT2D eigenvalue weighted by atomic mass is 9.89. The van der Waals surface area contributed by atoms with Crippen LogP contribution in [-0.4, -0.2) is 47.2 Å². The molecule has 144 valence electrons. The third-order valence-electron chi connectivity index (χ3n) is 4.82. The molecule has 7 nitrogen and oxygen atoms in total. The first-order valence-electron chi connectivity index (χ1n) is 8.45. The molecule has 0 aliphatic carbocycles. The lowest BCUT2D eigenvalue weighted by molar-refractivity contribution is -0.138. The fourth-order valence-electron chi connectivity index (χ4n) is 3.54. The van der Waals surface area contributed by atoms with E-state index >= 15 is 0 Å². The number of nitrogens with zero attached hydrogens (tertiary/aromatic N) is 2. The first kappa shape index (κ1) is 19.1. The van der Waals surface area contributed by atoms with Crippen LogP contribution in [0.1, 0.15) is 34.1 Å². The molecule has 1 amide bonds. The van der Waals surface area contributed by atoms with Gasteiger partial charge in [0, 0.05) is 19.8 Å². The number of carboxylic acids is 1. The molecule has 1 N–H and O–H groups in total. The minimum Gasteiger partial charge on any atom is -0.493 e. The van der Waals surface area contributed by atoms with E-state index in [1.807, 2.05) is 6.07 Å². The number of halogens is 1. The molecule has 1 atom stereocenters. The van der Waals surface area contributed by atoms with Crippen molar-refractivity contribution in [2.24, 2.45) is 7.05 Å². The monoisotopic (exact) mass is 392 g/mol. The largest absolute Gasteiger partial charge is 0.493 e. The number of methoxy groups -OCH3 is 2. The van der Waals surface area contributed by atoms with E-state index in [0.717, 1.165) is 11.1 Å². The van der Waals surface area contributed by atoms with Crippen molar-refractivity contribution >= 4 is 23.5 Å². The SMILES string of the molecule is COc1cc2c(cc1OC)[C@H](CC(=O)O)N(C(=O)c1cc(Cl)cn1C)CC2. The summed E-state index contributed by atoms with van der Waals surface area (Å²) in [5.74, 6) is -0.149. The molecule has 0 spiro atoms. The van der Waals surface area contributed by atoms with Crippen LogP contribution in [0.3, 0.4) is 0 Å². The zero-order valence-electron chi connectivity index (χ0n) is 15.4. The molecule has 8 heteroatoms. The summed E-state index contributed by atoms with van der Waals surface area (Å²) >= 11 is 6.01. The smallest absolute Gasteiger partial charge is 0.305 e. The number of amides is 1. The van der Waals surface area contributed by atoms with Gasteiger partial charge in [-0.25, -0.2) is 0 Å². The number of rotatable bonds is 5. The molecule has 1 aromatic heterocycles. The van der Waals surface area contributed by atoms with Gasteiger partial charge in [0.2, 0.25) is 0 Å². The number of fused-ring (bicyclic) bond motifs is 1. The Balaban J connectivity index is 2.05. The maximum Gasteiger partial charge on any atom is 0.305 e. The van der Waals surface area contributed by atoms with Crippen LogP contribution in [0.5, 0.6) is 11.5 Å². The first-order chi connectivity index (χ1) is 12.8. The van der Waals surface area contributed by atoms with Gasteiger partial charge < -0.3 is 24.0 Å². The number of aromatic nitrogens is 1. The second-order valence-corrected chi connectivity index (χ2v) is 6.86. The highest BCUT2D eigenvalue weighted by Gasteiger charge is 2.35. The van der Waals surface area contributed by atoms with Gasteiger partial charge in [0.1, 0.15) is 5.69 Å². The van der Waals surface area contributed by atoms with Crippen molar-refractivity contribution in [2.75, 3.05) is 20.8 Å². The lowest BCUT2D eigenvalue weighted by Gasteiger charge is -2.37. The summed E-state index contributed by atoms with van der Waals surface area (Å²) < 4.78 is 12.3. The number of carbonyl (C=O) groups is 2. The van der Waals surface area contributed by atoms with Crippen LogP contribution in [0.4, 0.5) is 0 Å². The van der Waals surface area contributed by atoms with Gasteiger partial charge in [-0.2, -0.15) is 0 Å². The van der Waals surface area contributed by atoms with Crippen LogP contribution in [0.25, 0.3) is 0 Å². The highest BCUT2D eigenvalue weighted by atomic mass is 35.5. The Hall–Kier alpha value is -2.67. The van der Waals surface area contributed by atoms with Crippen molar-refractivity contribution in [1.82, 2.24) is 9.47 Å². The van der Waals surface area contributed by atoms with Gasteiger partial charge in [-0.1, -0.05) is 11.6 Å². The summed E-state index contributed by atoms with van der Waals surface area (Å²) in [4.78, 5) is 26.2. The maximum atomic E-state index is 13.1. The van der Waals surface area contributed by atoms with Crippen molar-refractivity contribution in [3.05, 3.63) is 46.2 Å². The molecule has 0 fully saturated rings. The van der Waals surface area contributed by atoms with E-state index in [9.17, 15) is 14.7 Å². The number of aliphatic carboxylic acids is 1. The van der Waals surface area contributed by atoms with E-state index in [4.69, 9.17) is 21.1 Å². The Morgan fingerprint density at radius 2 is 1.89 bits per heavy atom. The standard InChI is InChI=1S/C19H21ClN2O5/c1-21-10-12(20)7-15(21)19(25)22-5-4-11-6-16(26-2)17(27-3)8-13(11)14(22)9-18(23)24/h6-8,10,14H,4-5,9H2,1-3H3,(H,23,24)/t14-/m0/s1. The Bertz CT molecular complexity index is 892. The van der Waals surface area contributed by atoms with Gasteiger partial charge in [0.25, 0.3) is 5.91 Å². The Morgan fingerprint density at radius 1 is 1.22 bits per heavy atom. The normalized spacial score (nSPS) is 16.0. The predicted octanol–water partition coefficient (Wildman–Crippen LogP) is 2.91. The lowest BCUT2D eigenvalue weighted by Crippen LogP contribution is -2.41. The molecule has 0 saturated heterocycles. The number of carbonyl (C=O) groups excluding carboxylic acids is 1. The maximum absolute atomic E-state index is 13.1. The minimum absolute atomic E-state index is 0.202. The molecular formula is C19H21ClN2O5. The summed E-state index contributed by atoms with van der Waals surface area (Å²) in [5.41, 5.74) is 2.13. The van der Waals surface area contributed by atoms with Gasteiger partial charge in [-0.05, 0) is 35.7 Å². The molecule has 0 bridgehead atoms. The summed E-state index contributed by atoms with van der Waals surface area (Å²) in [6.07, 6.45) is 2.04. The van der Waals surface area contributed by atoms with Crippen molar-refractivity contribution in [3.8, 4) is 11.5 Å². The second kappa shape index (κ2) is 7.52. The zero-order valence-corrected chi connectivity index (χ0v) is 16.1. The zero-order chi connectivity index (χ0) is 19.7. The van der Waals surface area contributed by atoms with Crippen LogP contribution >= 0.6 is 11.6 Å². The molecule has 3 rings (SSSR count). The van der Waals surface area contributed by atoms with Crippen LogP contribution in [0, 0.1) is 0 Å². The van der Waals surface area contributed by atoms with Crippen LogP contribution in [-0.2, 0) is 18.3 Å². The molecule has 27 heavy (non-hydrogen) atoms. The molecule has 1 aliphatic rings. The van der Waals surface area contributed by atoms with Gasteiger partial charge >= 0.3 is 5.97 Å². The van der Waals surface area contributed by atoms with Crippen LogP contribution < -0.4 is 9.47 Å². The van der Waals surface area contributed by atoms with Crippen molar-refractivity contribution in [1.29, 1.82) is 0 Å². The second-order valence-electron chi connectivity index (χ2n) is 6.42. The average Bonchev–Trinajstić information content (AvgIpc) is 2.98. The summed E-state index contributed by atoms with van der Waals surface area (Å²) in [6, 6.07) is 4.60. The Labute approximate surface area is 162 Å². The van der Waals surface area contributed by atoms with Gasteiger partial charge in [-0.15, -0.1) is 0 Å². The predicted molar refractivity (Wildman–Crippen MR) is 99.7 cm³/mol. The molecule has 0 radical (unpaired) electrons. The number of benzene rings is 1. The van der Waals surface area contributed by atoms with Gasteiger partial charge in [-0.3, -0.25) is 9.59 Å². The highest BCUT2D eigenvalue weighted by molar-refractivity contribution is 6.31. The Kier molecular flexibility index (Phi) is 5.32. The van der Waals surface area contributed by atoms with E-state index in [1.54, 1.807) is 42.0 Å². The first-order valence-corrected chi connectivity index (χ1v) is 8.83. The summed E-state index contributed by atoms with van der Waals surface area (Å²) in [5, 5.41) is 9.88.